The maximum Gasteiger partial charge on any atom is 0.550 e. The van der Waals surface area contributed by atoms with Crippen molar-refractivity contribution in [3.63, 3.8) is 0 Å². The van der Waals surface area contributed by atoms with E-state index in [1.807, 2.05) is 0 Å². The van der Waals surface area contributed by atoms with Gasteiger partial charge in [0, 0.05) is 6.61 Å². The van der Waals surface area contributed by atoms with Crippen molar-refractivity contribution in [1.82, 2.24) is 0 Å². The molecule has 0 heterocycles. The summed E-state index contributed by atoms with van der Waals surface area (Å²) in [6, 6.07) is 0. The average molecular weight is 132 g/mol. The van der Waals surface area contributed by atoms with Crippen LogP contribution >= 0.6 is 0 Å². The van der Waals surface area contributed by atoms with Gasteiger partial charge >= 0.3 is 6.16 Å². The fourth-order valence-corrected chi connectivity index (χ4v) is 0.286. The average Bonchev–Trinajstić information content (AvgIpc) is 1.80. The zero-order valence-electron chi connectivity index (χ0n) is 4.96. The predicted octanol–water partition coefficient (Wildman–Crippen LogP) is 0.404. The molecule has 2 radical (unpaired) electrons. The van der Waals surface area contributed by atoms with Gasteiger partial charge in [-0.05, 0) is 6.92 Å². The number of hydrogen-bond acceptors (Lipinski definition) is 3. The van der Waals surface area contributed by atoms with E-state index >= 15 is 0 Å². The Bertz CT molecular complexity index is 81.0. The first-order chi connectivity index (χ1) is 4.27. The molecule has 0 amide bonds. The van der Waals surface area contributed by atoms with Gasteiger partial charge in [0.2, 0.25) is 0 Å². The van der Waals surface area contributed by atoms with Gasteiger partial charge in [0.05, 0.1) is 6.61 Å². The second kappa shape index (κ2) is 5.37. The van der Waals surface area contributed by atoms with E-state index in [9.17, 15) is 9.90 Å². The standard InChI is InChI=1S/C5H8O4/c1-2-8-3-4-9-5(6)7/h1-4H2. The van der Waals surface area contributed by atoms with Gasteiger partial charge < -0.3 is 9.47 Å². The third kappa shape index (κ3) is 7.23. The molecule has 0 spiro atoms. The molecule has 0 fully saturated rings. The lowest BCUT2D eigenvalue weighted by molar-refractivity contribution is 0.0393. The molecular weight excluding hydrogens is 124 g/mol. The summed E-state index contributed by atoms with van der Waals surface area (Å²) in [7, 11) is 0. The summed E-state index contributed by atoms with van der Waals surface area (Å²) in [6.07, 6.45) is -1.53. The minimum atomic E-state index is -1.53. The second-order valence-corrected chi connectivity index (χ2v) is 1.21. The second-order valence-electron chi connectivity index (χ2n) is 1.21. The molecule has 0 aromatic heterocycles. The monoisotopic (exact) mass is 132 g/mol. The number of carbonyl (C=O) groups excluding carboxylic acids is 1. The lowest BCUT2D eigenvalue weighted by Gasteiger charge is -1.97. The third-order valence-electron chi connectivity index (χ3n) is 0.592. The maximum absolute atomic E-state index is 9.56. The van der Waals surface area contributed by atoms with Gasteiger partial charge in [0.25, 0.3) is 0 Å². The van der Waals surface area contributed by atoms with Gasteiger partial charge in [0.1, 0.15) is 6.61 Å². The first kappa shape index (κ1) is 8.23. The summed E-state index contributed by atoms with van der Waals surface area (Å²) in [5, 5.41) is 9.56. The minimum Gasteiger partial charge on any atom is -0.429 e. The molecule has 0 atom stereocenters. The Kier molecular flexibility index (Phi) is 4.91. The Morgan fingerprint density at radius 3 is 2.56 bits per heavy atom. The molecule has 0 aliphatic rings. The summed E-state index contributed by atoms with van der Waals surface area (Å²) in [5.74, 6) is 0. The van der Waals surface area contributed by atoms with Crippen molar-refractivity contribution in [3.8, 4) is 0 Å². The van der Waals surface area contributed by atoms with Crippen LogP contribution in [-0.4, -0.2) is 26.0 Å². The van der Waals surface area contributed by atoms with Crippen LogP contribution in [0, 0.1) is 6.92 Å². The smallest absolute Gasteiger partial charge is 0.429 e. The third-order valence-corrected chi connectivity index (χ3v) is 0.592. The van der Waals surface area contributed by atoms with E-state index in [4.69, 9.17) is 0 Å². The van der Waals surface area contributed by atoms with Crippen molar-refractivity contribution >= 4 is 6.16 Å². The molecule has 0 saturated carbocycles. The van der Waals surface area contributed by atoms with Crippen molar-refractivity contribution in [2.75, 3.05) is 19.8 Å². The molecule has 52 valence electrons. The van der Waals surface area contributed by atoms with Crippen molar-refractivity contribution < 1.29 is 19.4 Å². The van der Waals surface area contributed by atoms with Crippen LogP contribution in [0.15, 0.2) is 0 Å². The first-order valence-corrected chi connectivity index (χ1v) is 2.48. The Labute approximate surface area is 53.4 Å². The van der Waals surface area contributed by atoms with Crippen LogP contribution in [-0.2, 0) is 14.6 Å². The van der Waals surface area contributed by atoms with E-state index < -0.39 is 6.16 Å². The summed E-state index contributed by atoms with van der Waals surface area (Å²) in [6.45, 7) is 3.92. The highest BCUT2D eigenvalue weighted by Crippen LogP contribution is 1.78. The first-order valence-electron chi connectivity index (χ1n) is 2.48. The van der Waals surface area contributed by atoms with Crippen LogP contribution < -0.4 is 0 Å². The number of rotatable bonds is 4. The van der Waals surface area contributed by atoms with E-state index in [1.54, 1.807) is 0 Å². The summed E-state index contributed by atoms with van der Waals surface area (Å²) < 4.78 is 8.65. The largest absolute Gasteiger partial charge is 0.550 e. The van der Waals surface area contributed by atoms with E-state index in [1.165, 1.54) is 0 Å². The Balaban J connectivity index is 2.83. The highest BCUT2D eigenvalue weighted by Gasteiger charge is 1.96. The zero-order chi connectivity index (χ0) is 7.11. The molecule has 4 nitrogen and oxygen atoms in total. The van der Waals surface area contributed by atoms with E-state index in [0.717, 1.165) is 0 Å². The molecule has 0 bridgehead atoms. The quantitative estimate of drug-likeness (QED) is 0.411. The Morgan fingerprint density at radius 1 is 1.44 bits per heavy atom. The number of hydrogen-bond donors (Lipinski definition) is 0. The summed E-state index contributed by atoms with van der Waals surface area (Å²) >= 11 is 0. The molecule has 0 N–H and O–H groups in total. The topological polar surface area (TPSA) is 55.4 Å². The SMILES string of the molecule is [CH2]COCCOC([O])=O. The van der Waals surface area contributed by atoms with Crippen LogP contribution in [0.4, 0.5) is 4.79 Å². The van der Waals surface area contributed by atoms with Crippen molar-refractivity contribution in [3.05, 3.63) is 6.92 Å². The van der Waals surface area contributed by atoms with Gasteiger partial charge in [-0.15, -0.1) is 0 Å². The van der Waals surface area contributed by atoms with Gasteiger partial charge in [-0.25, -0.2) is 0 Å². The molecule has 9 heavy (non-hydrogen) atoms. The minimum absolute atomic E-state index is 0.0118. The van der Waals surface area contributed by atoms with Crippen LogP contribution in [0.5, 0.6) is 0 Å². The molecular formula is C5H8O4. The van der Waals surface area contributed by atoms with Crippen molar-refractivity contribution in [2.24, 2.45) is 0 Å². The van der Waals surface area contributed by atoms with Crippen LogP contribution in [0.2, 0.25) is 0 Å². The van der Waals surface area contributed by atoms with Gasteiger partial charge in [0.15, 0.2) is 0 Å². The van der Waals surface area contributed by atoms with Gasteiger partial charge in [-0.2, -0.15) is 9.90 Å². The fourth-order valence-electron chi connectivity index (χ4n) is 0.286. The van der Waals surface area contributed by atoms with Gasteiger partial charge in [-0.1, -0.05) is 0 Å². The van der Waals surface area contributed by atoms with Crippen molar-refractivity contribution in [2.45, 2.75) is 0 Å². The Hall–Kier alpha value is -0.770. The molecule has 0 unspecified atom stereocenters. The molecule has 0 rings (SSSR count). The lowest BCUT2D eigenvalue weighted by atomic mass is 10.7. The molecule has 0 saturated heterocycles. The van der Waals surface area contributed by atoms with Gasteiger partial charge in [-0.3, -0.25) is 0 Å². The summed E-state index contributed by atoms with van der Waals surface area (Å²) in [4.78, 5) is 9.56. The molecule has 0 aliphatic heterocycles. The normalized spacial score (nSPS) is 9.00. The van der Waals surface area contributed by atoms with E-state index in [2.05, 4.69) is 16.4 Å². The van der Waals surface area contributed by atoms with Crippen LogP contribution in [0.3, 0.4) is 0 Å². The molecule has 0 aromatic rings. The molecule has 0 aromatic carbocycles. The fraction of sp³-hybridized carbons (Fsp3) is 0.600. The van der Waals surface area contributed by atoms with Crippen LogP contribution in [0.25, 0.3) is 0 Å². The lowest BCUT2D eigenvalue weighted by Crippen LogP contribution is -2.06. The highest BCUT2D eigenvalue weighted by atomic mass is 16.7. The molecule has 4 heteroatoms. The number of ether oxygens (including phenoxy) is 2. The zero-order valence-corrected chi connectivity index (χ0v) is 4.96. The van der Waals surface area contributed by atoms with Crippen molar-refractivity contribution in [1.29, 1.82) is 0 Å². The highest BCUT2D eigenvalue weighted by molar-refractivity contribution is 5.56. The molecule has 0 aliphatic carbocycles. The van der Waals surface area contributed by atoms with E-state index in [-0.39, 0.29) is 13.2 Å². The number of carbonyl (C=O) groups is 1. The summed E-state index contributed by atoms with van der Waals surface area (Å²) in [5.41, 5.74) is 0. The maximum atomic E-state index is 9.56. The van der Waals surface area contributed by atoms with Crippen LogP contribution in [0.1, 0.15) is 0 Å². The Morgan fingerprint density at radius 2 is 2.11 bits per heavy atom. The predicted molar refractivity (Wildman–Crippen MR) is 28.2 cm³/mol. The van der Waals surface area contributed by atoms with E-state index in [0.29, 0.717) is 6.61 Å².